The van der Waals surface area contributed by atoms with E-state index in [4.69, 9.17) is 22.1 Å². The van der Waals surface area contributed by atoms with E-state index in [1.807, 2.05) is 24.3 Å². The summed E-state index contributed by atoms with van der Waals surface area (Å²) in [7, 11) is -2.66. The van der Waals surface area contributed by atoms with Gasteiger partial charge in [0.2, 0.25) is 11.8 Å². The van der Waals surface area contributed by atoms with Crippen LogP contribution in [0.1, 0.15) is 0 Å². The average molecular weight is 466 g/mol. The van der Waals surface area contributed by atoms with Crippen LogP contribution < -0.4 is 10.5 Å². The van der Waals surface area contributed by atoms with Crippen LogP contribution in [0.3, 0.4) is 0 Å². The molecule has 3 aromatic heterocycles. The third kappa shape index (κ3) is 3.22. The summed E-state index contributed by atoms with van der Waals surface area (Å²) in [6.07, 6.45) is 4.51. The number of rotatable bonds is 4. The Morgan fingerprint density at radius 2 is 1.91 bits per heavy atom. The summed E-state index contributed by atoms with van der Waals surface area (Å²) < 4.78 is 33.3. The lowest BCUT2D eigenvalue weighted by Crippen LogP contribution is -2.13. The highest BCUT2D eigenvalue weighted by molar-refractivity contribution is 7.90. The van der Waals surface area contributed by atoms with Crippen molar-refractivity contribution < 1.29 is 13.2 Å². The molecule has 0 spiro atoms. The minimum Gasteiger partial charge on any atom is -0.480 e. The second-order valence-electron chi connectivity index (χ2n) is 7.02. The summed E-state index contributed by atoms with van der Waals surface area (Å²) >= 11 is 6.01. The maximum atomic E-state index is 13.5. The molecule has 5 aromatic rings. The molecular formula is C22H16ClN5O3S. The van der Waals surface area contributed by atoms with Gasteiger partial charge >= 0.3 is 0 Å². The first-order valence-electron chi connectivity index (χ1n) is 9.46. The molecule has 0 unspecified atom stereocenters. The van der Waals surface area contributed by atoms with E-state index in [0.717, 1.165) is 27.4 Å². The molecule has 0 fully saturated rings. The molecule has 3 heterocycles. The van der Waals surface area contributed by atoms with Crippen molar-refractivity contribution in [2.75, 3.05) is 12.8 Å². The number of aromatic nitrogens is 4. The van der Waals surface area contributed by atoms with Crippen LogP contribution in [0.4, 0.5) is 5.95 Å². The zero-order valence-electron chi connectivity index (χ0n) is 16.7. The molecule has 8 nitrogen and oxygen atoms in total. The van der Waals surface area contributed by atoms with E-state index in [1.54, 1.807) is 24.4 Å². The second kappa shape index (κ2) is 7.47. The molecule has 0 aliphatic rings. The quantitative estimate of drug-likeness (QED) is 0.424. The Labute approximate surface area is 188 Å². The molecule has 0 saturated heterocycles. The largest absolute Gasteiger partial charge is 0.480 e. The van der Waals surface area contributed by atoms with Crippen molar-refractivity contribution in [3.05, 3.63) is 72.1 Å². The molecular weight excluding hydrogens is 450 g/mol. The van der Waals surface area contributed by atoms with E-state index in [2.05, 4.69) is 15.0 Å². The smallest absolute Gasteiger partial charge is 0.273 e. The number of ether oxygens (including phenoxy) is 1. The van der Waals surface area contributed by atoms with Gasteiger partial charge in [-0.05, 0) is 41.5 Å². The molecule has 0 amide bonds. The number of halogens is 1. The molecule has 0 aliphatic carbocycles. The predicted molar refractivity (Wildman–Crippen MR) is 123 cm³/mol. The Balaban J connectivity index is 1.69. The maximum Gasteiger partial charge on any atom is 0.273 e. The predicted octanol–water partition coefficient (Wildman–Crippen LogP) is 4.13. The second-order valence-corrected chi connectivity index (χ2v) is 9.24. The van der Waals surface area contributed by atoms with Gasteiger partial charge in [0.15, 0.2) is 4.90 Å². The first-order valence-corrected chi connectivity index (χ1v) is 11.3. The van der Waals surface area contributed by atoms with E-state index in [0.29, 0.717) is 5.52 Å². The highest BCUT2D eigenvalue weighted by Crippen LogP contribution is 2.34. The molecule has 0 aliphatic heterocycles. The summed E-state index contributed by atoms with van der Waals surface area (Å²) in [5.74, 6) is 0.182. The van der Waals surface area contributed by atoms with Crippen molar-refractivity contribution in [3.8, 4) is 17.0 Å². The lowest BCUT2D eigenvalue weighted by Gasteiger charge is -2.12. The van der Waals surface area contributed by atoms with E-state index in [-0.39, 0.29) is 21.7 Å². The Hall–Kier alpha value is -3.69. The highest BCUT2D eigenvalue weighted by Gasteiger charge is 2.25. The van der Waals surface area contributed by atoms with Crippen molar-refractivity contribution in [2.45, 2.75) is 4.90 Å². The van der Waals surface area contributed by atoms with Crippen LogP contribution in [0.15, 0.2) is 72.0 Å². The molecule has 0 bridgehead atoms. The highest BCUT2D eigenvalue weighted by atomic mass is 35.5. The van der Waals surface area contributed by atoms with Gasteiger partial charge in [0.25, 0.3) is 10.0 Å². The molecule has 32 heavy (non-hydrogen) atoms. The van der Waals surface area contributed by atoms with Gasteiger partial charge in [-0.3, -0.25) is 0 Å². The van der Waals surface area contributed by atoms with Crippen LogP contribution in [-0.2, 0) is 10.0 Å². The molecule has 160 valence electrons. The number of fused-ring (bicyclic) bond motifs is 2. The maximum absolute atomic E-state index is 13.5. The number of nitrogen functional groups attached to an aromatic ring is 1. The molecule has 0 atom stereocenters. The summed E-state index contributed by atoms with van der Waals surface area (Å²) in [4.78, 5) is 12.1. The van der Waals surface area contributed by atoms with E-state index < -0.39 is 10.0 Å². The number of nitrogens with two attached hydrogens (primary N) is 1. The monoisotopic (exact) mass is 465 g/mol. The van der Waals surface area contributed by atoms with Gasteiger partial charge in [-0.2, -0.15) is 0 Å². The van der Waals surface area contributed by atoms with Crippen LogP contribution in [0.2, 0.25) is 5.02 Å². The van der Waals surface area contributed by atoms with Gasteiger partial charge in [-0.15, -0.1) is 0 Å². The first kappa shape index (κ1) is 20.2. The van der Waals surface area contributed by atoms with Crippen LogP contribution >= 0.6 is 11.6 Å². The summed E-state index contributed by atoms with van der Waals surface area (Å²) in [6.45, 7) is 0. The van der Waals surface area contributed by atoms with E-state index >= 15 is 0 Å². The lowest BCUT2D eigenvalue weighted by atomic mass is 10.0. The van der Waals surface area contributed by atoms with Crippen molar-refractivity contribution in [2.24, 2.45) is 0 Å². The number of hydrogen-bond acceptors (Lipinski definition) is 7. The fourth-order valence-corrected chi connectivity index (χ4v) is 5.38. The van der Waals surface area contributed by atoms with E-state index in [9.17, 15) is 8.42 Å². The number of anilines is 1. The fraction of sp³-hybridized carbons (Fsp3) is 0.0455. The minimum atomic E-state index is -4.02. The van der Waals surface area contributed by atoms with Gasteiger partial charge in [0.1, 0.15) is 0 Å². The minimum absolute atomic E-state index is 0.0267. The third-order valence-electron chi connectivity index (χ3n) is 5.12. The van der Waals surface area contributed by atoms with Crippen molar-refractivity contribution in [1.82, 2.24) is 18.9 Å². The number of hydrogen-bond donors (Lipinski definition) is 1. The number of methoxy groups -OCH3 is 1. The van der Waals surface area contributed by atoms with Gasteiger partial charge in [-0.1, -0.05) is 29.8 Å². The van der Waals surface area contributed by atoms with E-state index in [1.165, 1.54) is 29.5 Å². The number of benzene rings is 2. The summed E-state index contributed by atoms with van der Waals surface area (Å²) in [6, 6.07) is 14.3. The SMILES string of the molecule is COc1ncc(Cl)cc1S(=O)(=O)n1ccc2c(-c3ccc4nc(N)ncc4c3)cccc21. The molecule has 5 rings (SSSR count). The van der Waals surface area contributed by atoms with Gasteiger partial charge in [0, 0.05) is 29.4 Å². The Bertz CT molecular complexity index is 1620. The molecule has 2 aromatic carbocycles. The first-order chi connectivity index (χ1) is 15.4. The Kier molecular flexibility index (Phi) is 4.72. The van der Waals surface area contributed by atoms with Crippen molar-refractivity contribution in [1.29, 1.82) is 0 Å². The zero-order chi connectivity index (χ0) is 22.5. The van der Waals surface area contributed by atoms with Gasteiger partial charge in [0.05, 0.1) is 23.2 Å². The molecule has 2 N–H and O–H groups in total. The van der Waals surface area contributed by atoms with Crippen LogP contribution in [-0.4, -0.2) is 34.5 Å². The average Bonchev–Trinajstić information content (AvgIpc) is 3.24. The van der Waals surface area contributed by atoms with Crippen LogP contribution in [0.25, 0.3) is 32.9 Å². The van der Waals surface area contributed by atoms with Crippen molar-refractivity contribution in [3.63, 3.8) is 0 Å². The summed E-state index contributed by atoms with van der Waals surface area (Å²) in [5.41, 5.74) is 8.67. The normalized spacial score (nSPS) is 11.8. The lowest BCUT2D eigenvalue weighted by molar-refractivity contribution is 0.385. The zero-order valence-corrected chi connectivity index (χ0v) is 18.3. The van der Waals surface area contributed by atoms with Crippen molar-refractivity contribution >= 4 is 49.4 Å². The molecule has 0 radical (unpaired) electrons. The van der Waals surface area contributed by atoms with Crippen LogP contribution in [0.5, 0.6) is 5.88 Å². The molecule has 10 heteroatoms. The Morgan fingerprint density at radius 1 is 1.06 bits per heavy atom. The standard InChI is InChI=1S/C22H16ClN5O3S/c1-31-21-20(10-15(23)12-25-21)32(29,30)28-8-7-17-16(3-2-4-19(17)28)13-5-6-18-14(9-13)11-26-22(24)27-18/h2-12H,1H3,(H2,24,26,27). The van der Waals surface area contributed by atoms with Gasteiger partial charge in [-0.25, -0.2) is 27.3 Å². The van der Waals surface area contributed by atoms with Gasteiger partial charge < -0.3 is 10.5 Å². The third-order valence-corrected chi connectivity index (χ3v) is 7.01. The summed E-state index contributed by atoms with van der Waals surface area (Å²) in [5, 5.41) is 1.79. The number of pyridine rings is 1. The fourth-order valence-electron chi connectivity index (χ4n) is 3.67. The van der Waals surface area contributed by atoms with Crippen LogP contribution in [0, 0.1) is 0 Å². The topological polar surface area (TPSA) is 113 Å². The Morgan fingerprint density at radius 3 is 2.72 bits per heavy atom. The molecule has 0 saturated carbocycles. The number of nitrogens with zero attached hydrogens (tertiary/aromatic N) is 4.